The van der Waals surface area contributed by atoms with E-state index in [0.29, 0.717) is 35.1 Å². The van der Waals surface area contributed by atoms with Crippen LogP contribution in [0.2, 0.25) is 0 Å². The Morgan fingerprint density at radius 1 is 0.250 bits per heavy atom. The third kappa shape index (κ3) is 6.54. The van der Waals surface area contributed by atoms with Crippen molar-refractivity contribution in [2.75, 3.05) is 0 Å². The minimum absolute atomic E-state index is 0.538. The maximum Gasteiger partial charge on any atom is 0.238 e. The lowest BCUT2D eigenvalue weighted by atomic mass is 9.99. The van der Waals surface area contributed by atoms with Gasteiger partial charge in [-0.3, -0.25) is 4.57 Å². The molecule has 13 rings (SSSR count). The SMILES string of the molecule is c1ccc(-c2nc(-c3ccccc3-c3ccccc3)nc(-c3ccccc3-n3c4ccccc4c4c3ccc3c5ccccc5n(-c5nc(-c6ccccc6)nc(-c6ccccc6)n5)c34)n2)cc1. The summed E-state index contributed by atoms with van der Waals surface area (Å²) in [6.07, 6.45) is 0. The van der Waals surface area contributed by atoms with E-state index in [0.717, 1.165) is 88.2 Å². The summed E-state index contributed by atoms with van der Waals surface area (Å²) in [6.45, 7) is 0. The maximum atomic E-state index is 5.35. The minimum Gasteiger partial charge on any atom is -0.308 e. The number of hydrogen-bond donors (Lipinski definition) is 0. The summed E-state index contributed by atoms with van der Waals surface area (Å²) >= 11 is 0. The molecule has 13 aromatic rings. The second-order valence-electron chi connectivity index (χ2n) is 16.7. The first-order valence-corrected chi connectivity index (χ1v) is 22.6. The summed E-state index contributed by atoms with van der Waals surface area (Å²) in [5, 5.41) is 4.36. The fourth-order valence-electron chi connectivity index (χ4n) is 9.61. The summed E-state index contributed by atoms with van der Waals surface area (Å²) in [4.78, 5) is 31.4. The lowest BCUT2D eigenvalue weighted by Crippen LogP contribution is -2.06. The van der Waals surface area contributed by atoms with Gasteiger partial charge in [0.1, 0.15) is 0 Å². The van der Waals surface area contributed by atoms with Gasteiger partial charge in [-0.05, 0) is 41.5 Å². The molecule has 0 saturated carbocycles. The van der Waals surface area contributed by atoms with Crippen molar-refractivity contribution in [1.29, 1.82) is 0 Å². The van der Waals surface area contributed by atoms with Crippen molar-refractivity contribution in [3.63, 3.8) is 0 Å². The van der Waals surface area contributed by atoms with Crippen LogP contribution in [0.4, 0.5) is 0 Å². The molecule has 0 aliphatic heterocycles. The Balaban J connectivity index is 1.08. The van der Waals surface area contributed by atoms with E-state index in [4.69, 9.17) is 29.9 Å². The second-order valence-corrected chi connectivity index (χ2v) is 16.7. The van der Waals surface area contributed by atoms with Gasteiger partial charge in [-0.2, -0.15) is 9.97 Å². The van der Waals surface area contributed by atoms with Crippen LogP contribution >= 0.6 is 0 Å². The third-order valence-electron chi connectivity index (χ3n) is 12.7. The van der Waals surface area contributed by atoms with Crippen LogP contribution in [0.15, 0.2) is 231 Å². The predicted molar refractivity (Wildman–Crippen MR) is 275 cm³/mol. The van der Waals surface area contributed by atoms with Gasteiger partial charge in [0.15, 0.2) is 29.1 Å². The van der Waals surface area contributed by atoms with Crippen LogP contribution in [0.5, 0.6) is 0 Å². The Kier molecular flexibility index (Phi) is 9.31. The molecule has 0 unspecified atom stereocenters. The molecule has 0 N–H and O–H groups in total. The Labute approximate surface area is 391 Å². The fourth-order valence-corrected chi connectivity index (χ4v) is 9.61. The molecule has 8 heteroatoms. The summed E-state index contributed by atoms with van der Waals surface area (Å²) in [5.74, 6) is 3.50. The van der Waals surface area contributed by atoms with Gasteiger partial charge in [0.25, 0.3) is 0 Å². The van der Waals surface area contributed by atoms with Gasteiger partial charge in [-0.15, -0.1) is 0 Å². The number of aromatic nitrogens is 8. The molecule has 4 aromatic heterocycles. The zero-order valence-corrected chi connectivity index (χ0v) is 36.5. The van der Waals surface area contributed by atoms with E-state index in [9.17, 15) is 0 Å². The van der Waals surface area contributed by atoms with E-state index in [1.807, 2.05) is 103 Å². The van der Waals surface area contributed by atoms with Crippen molar-refractivity contribution in [1.82, 2.24) is 39.0 Å². The molecule has 0 bridgehead atoms. The average molecular weight is 871 g/mol. The molecule has 0 radical (unpaired) electrons. The van der Waals surface area contributed by atoms with Crippen molar-refractivity contribution in [2.24, 2.45) is 0 Å². The molecule has 0 fully saturated rings. The Bertz CT molecular complexity index is 3960. The van der Waals surface area contributed by atoms with Gasteiger partial charge >= 0.3 is 0 Å². The van der Waals surface area contributed by atoms with Crippen LogP contribution in [-0.2, 0) is 0 Å². The number of benzene rings is 9. The van der Waals surface area contributed by atoms with Crippen LogP contribution in [0.1, 0.15) is 0 Å². The molecule has 8 nitrogen and oxygen atoms in total. The highest BCUT2D eigenvalue weighted by molar-refractivity contribution is 6.26. The standard InChI is InChI=1S/C60H38N8/c1-5-21-39(22-6-1)43-29-13-14-31-46(43)58-62-55(40-23-7-2-8-24-40)63-59(64-58)48-33-17-20-36-51(48)67-50-35-19-16-32-47(50)53-52(67)38-37-45-44-30-15-18-34-49(44)68(54(45)53)60-65-56(41-25-9-3-10-26-41)61-57(66-60)42-27-11-4-12-28-42/h1-38H. The summed E-state index contributed by atoms with van der Waals surface area (Å²) in [7, 11) is 0. The van der Waals surface area contributed by atoms with E-state index in [1.165, 1.54) is 0 Å². The van der Waals surface area contributed by atoms with Crippen LogP contribution < -0.4 is 0 Å². The predicted octanol–water partition coefficient (Wildman–Crippen LogP) is 14.3. The highest BCUT2D eigenvalue weighted by atomic mass is 15.2. The van der Waals surface area contributed by atoms with Gasteiger partial charge in [0.05, 0.1) is 27.8 Å². The third-order valence-corrected chi connectivity index (χ3v) is 12.7. The van der Waals surface area contributed by atoms with E-state index < -0.39 is 0 Å². The van der Waals surface area contributed by atoms with E-state index in [-0.39, 0.29) is 0 Å². The van der Waals surface area contributed by atoms with Gasteiger partial charge in [-0.1, -0.05) is 200 Å². The van der Waals surface area contributed by atoms with Crippen molar-refractivity contribution in [2.45, 2.75) is 0 Å². The zero-order chi connectivity index (χ0) is 45.0. The molecule has 0 atom stereocenters. The van der Waals surface area contributed by atoms with Gasteiger partial charge in [-0.25, -0.2) is 19.9 Å². The van der Waals surface area contributed by atoms with Crippen LogP contribution in [0, 0.1) is 0 Å². The van der Waals surface area contributed by atoms with Gasteiger partial charge in [0.2, 0.25) is 5.95 Å². The van der Waals surface area contributed by atoms with Gasteiger partial charge in [0, 0.05) is 49.4 Å². The molecule has 318 valence electrons. The normalized spacial score (nSPS) is 11.5. The lowest BCUT2D eigenvalue weighted by molar-refractivity contribution is 0.955. The quantitative estimate of drug-likeness (QED) is 0.151. The second kappa shape index (κ2) is 16.2. The molecule has 68 heavy (non-hydrogen) atoms. The van der Waals surface area contributed by atoms with Crippen LogP contribution in [0.3, 0.4) is 0 Å². The van der Waals surface area contributed by atoms with Crippen LogP contribution in [0.25, 0.3) is 123 Å². The van der Waals surface area contributed by atoms with Crippen molar-refractivity contribution in [3.8, 4) is 79.7 Å². The summed E-state index contributed by atoms with van der Waals surface area (Å²) in [6, 6.07) is 79.2. The molecule has 4 heterocycles. The van der Waals surface area contributed by atoms with Crippen LogP contribution in [-0.4, -0.2) is 39.0 Å². The van der Waals surface area contributed by atoms with Crippen molar-refractivity contribution < 1.29 is 0 Å². The number of nitrogens with zero attached hydrogens (tertiary/aromatic N) is 8. The molecular formula is C60H38N8. The first-order valence-electron chi connectivity index (χ1n) is 22.6. The topological polar surface area (TPSA) is 87.2 Å². The highest BCUT2D eigenvalue weighted by Gasteiger charge is 2.25. The molecule has 0 amide bonds. The van der Waals surface area contributed by atoms with Crippen molar-refractivity contribution >= 4 is 43.6 Å². The largest absolute Gasteiger partial charge is 0.308 e. The van der Waals surface area contributed by atoms with Gasteiger partial charge < -0.3 is 4.57 Å². The first kappa shape index (κ1) is 39.0. The molecule has 0 aliphatic rings. The minimum atomic E-state index is 0.538. The molecule has 0 spiro atoms. The smallest absolute Gasteiger partial charge is 0.238 e. The zero-order valence-electron chi connectivity index (χ0n) is 36.5. The van der Waals surface area contributed by atoms with E-state index in [1.54, 1.807) is 0 Å². The molecule has 0 saturated heterocycles. The average Bonchev–Trinajstić information content (AvgIpc) is 3.94. The van der Waals surface area contributed by atoms with Crippen molar-refractivity contribution in [3.05, 3.63) is 231 Å². The monoisotopic (exact) mass is 870 g/mol. The first-order chi connectivity index (χ1) is 33.7. The number of fused-ring (bicyclic) bond motifs is 7. The summed E-state index contributed by atoms with van der Waals surface area (Å²) < 4.78 is 4.58. The number of rotatable bonds is 8. The lowest BCUT2D eigenvalue weighted by Gasteiger charge is -2.15. The highest BCUT2D eigenvalue weighted by Crippen LogP contribution is 2.43. The maximum absolute atomic E-state index is 5.35. The number of hydrogen-bond acceptors (Lipinski definition) is 6. The molecule has 9 aromatic carbocycles. The number of para-hydroxylation sites is 3. The Morgan fingerprint density at radius 3 is 1.29 bits per heavy atom. The fraction of sp³-hybridized carbons (Fsp3) is 0. The Morgan fingerprint density at radius 2 is 0.676 bits per heavy atom. The summed E-state index contributed by atoms with van der Waals surface area (Å²) in [5.41, 5.74) is 11.6. The Hall–Kier alpha value is -9.40. The molecule has 0 aliphatic carbocycles. The molecular weight excluding hydrogens is 833 g/mol. The van der Waals surface area contributed by atoms with E-state index in [2.05, 4.69) is 137 Å². The van der Waals surface area contributed by atoms with E-state index >= 15 is 0 Å².